The highest BCUT2D eigenvalue weighted by Crippen LogP contribution is 2.18. The predicted molar refractivity (Wildman–Crippen MR) is 103 cm³/mol. The minimum absolute atomic E-state index is 0.570. The number of aromatic nitrogens is 1. The minimum Gasteiger partial charge on any atom is -0.444 e. The van der Waals surface area contributed by atoms with Crippen molar-refractivity contribution >= 4 is 5.96 Å². The van der Waals surface area contributed by atoms with Crippen molar-refractivity contribution in [1.29, 1.82) is 0 Å². The van der Waals surface area contributed by atoms with E-state index in [0.29, 0.717) is 12.4 Å². The van der Waals surface area contributed by atoms with Gasteiger partial charge in [0.1, 0.15) is 6.26 Å². The van der Waals surface area contributed by atoms with Crippen LogP contribution >= 0.6 is 0 Å². The van der Waals surface area contributed by atoms with Crippen LogP contribution in [0, 0.1) is 6.92 Å². The summed E-state index contributed by atoms with van der Waals surface area (Å²) >= 11 is 0. The number of likely N-dealkylation sites (N-methyl/N-ethyl adjacent to an activating group) is 1. The first-order valence-electron chi connectivity index (χ1n) is 8.84. The van der Waals surface area contributed by atoms with Crippen molar-refractivity contribution in [1.82, 2.24) is 20.5 Å². The summed E-state index contributed by atoms with van der Waals surface area (Å²) < 4.78 is 5.58. The maximum Gasteiger partial charge on any atom is 0.226 e. The van der Waals surface area contributed by atoms with Crippen LogP contribution in [0.5, 0.6) is 0 Å². The van der Waals surface area contributed by atoms with Crippen LogP contribution in [0.15, 0.2) is 39.9 Å². The van der Waals surface area contributed by atoms with Gasteiger partial charge in [0, 0.05) is 25.7 Å². The molecule has 0 amide bonds. The summed E-state index contributed by atoms with van der Waals surface area (Å²) in [7, 11) is 1.77. The maximum absolute atomic E-state index is 5.58. The first-order chi connectivity index (χ1) is 12.2. The molecule has 0 saturated heterocycles. The van der Waals surface area contributed by atoms with E-state index < -0.39 is 0 Å². The largest absolute Gasteiger partial charge is 0.444 e. The van der Waals surface area contributed by atoms with E-state index in [2.05, 4.69) is 58.4 Å². The lowest BCUT2D eigenvalue weighted by Gasteiger charge is -2.19. The van der Waals surface area contributed by atoms with Crippen LogP contribution in [0.3, 0.4) is 0 Å². The fourth-order valence-corrected chi connectivity index (χ4v) is 2.48. The van der Waals surface area contributed by atoms with Gasteiger partial charge < -0.3 is 20.0 Å². The molecular weight excluding hydrogens is 314 g/mol. The van der Waals surface area contributed by atoms with Gasteiger partial charge in [0.2, 0.25) is 5.89 Å². The summed E-state index contributed by atoms with van der Waals surface area (Å²) in [6.45, 7) is 11.0. The number of hydrogen-bond donors (Lipinski definition) is 2. The number of oxazole rings is 1. The molecule has 6 nitrogen and oxygen atoms in total. The van der Waals surface area contributed by atoms with Crippen molar-refractivity contribution in [2.24, 2.45) is 4.99 Å². The predicted octanol–water partition coefficient (Wildman–Crippen LogP) is 2.66. The number of guanidine groups is 1. The van der Waals surface area contributed by atoms with E-state index in [4.69, 9.17) is 4.42 Å². The zero-order valence-corrected chi connectivity index (χ0v) is 15.7. The van der Waals surface area contributed by atoms with E-state index in [-0.39, 0.29) is 0 Å². The second kappa shape index (κ2) is 9.84. The molecule has 0 fully saturated rings. The van der Waals surface area contributed by atoms with Gasteiger partial charge in [0.15, 0.2) is 5.96 Å². The summed E-state index contributed by atoms with van der Waals surface area (Å²) in [5.74, 6) is 1.41. The van der Waals surface area contributed by atoms with Crippen LogP contribution < -0.4 is 10.6 Å². The Balaban J connectivity index is 1.82. The molecule has 0 aliphatic carbocycles. The molecule has 1 aromatic heterocycles. The Labute approximate surface area is 150 Å². The molecule has 0 bridgehead atoms. The molecule has 0 unspecified atom stereocenters. The van der Waals surface area contributed by atoms with Crippen molar-refractivity contribution in [3.05, 3.63) is 41.8 Å². The Bertz CT molecular complexity index is 659. The molecule has 0 aliphatic heterocycles. The minimum atomic E-state index is 0.570. The van der Waals surface area contributed by atoms with Crippen molar-refractivity contribution in [2.45, 2.75) is 27.3 Å². The fraction of sp³-hybridized carbons (Fsp3) is 0.474. The topological polar surface area (TPSA) is 65.7 Å². The standard InChI is InChI=1S/C19H29N5O/c1-5-24(6-2)12-11-21-19(20-4)22-13-17-14-25-18(23-17)16-9-7-15(3)8-10-16/h7-10,14H,5-6,11-13H2,1-4H3,(H2,20,21,22). The quantitative estimate of drug-likeness (QED) is 0.570. The van der Waals surface area contributed by atoms with Gasteiger partial charge in [0.25, 0.3) is 0 Å². The molecule has 136 valence electrons. The van der Waals surface area contributed by atoms with Crippen LogP contribution in [0.25, 0.3) is 11.5 Å². The second-order valence-corrected chi connectivity index (χ2v) is 5.89. The monoisotopic (exact) mass is 343 g/mol. The van der Waals surface area contributed by atoms with Gasteiger partial charge >= 0.3 is 0 Å². The van der Waals surface area contributed by atoms with E-state index in [1.54, 1.807) is 13.3 Å². The number of aliphatic imine (C=N–C) groups is 1. The molecule has 0 saturated carbocycles. The molecule has 1 heterocycles. The number of hydrogen-bond acceptors (Lipinski definition) is 4. The van der Waals surface area contributed by atoms with Crippen LogP contribution in [-0.4, -0.2) is 49.1 Å². The third kappa shape index (κ3) is 5.90. The molecule has 0 atom stereocenters. The molecule has 6 heteroatoms. The van der Waals surface area contributed by atoms with E-state index >= 15 is 0 Å². The van der Waals surface area contributed by atoms with Gasteiger partial charge in [-0.25, -0.2) is 4.98 Å². The summed E-state index contributed by atoms with van der Waals surface area (Å²) in [4.78, 5) is 11.1. The average molecular weight is 343 g/mol. The Morgan fingerprint density at radius 2 is 1.88 bits per heavy atom. The zero-order valence-electron chi connectivity index (χ0n) is 15.7. The Hall–Kier alpha value is -2.34. The summed E-state index contributed by atoms with van der Waals surface area (Å²) in [6.07, 6.45) is 1.69. The number of rotatable bonds is 8. The lowest BCUT2D eigenvalue weighted by atomic mass is 10.1. The highest BCUT2D eigenvalue weighted by atomic mass is 16.3. The van der Waals surface area contributed by atoms with Crippen molar-refractivity contribution < 1.29 is 4.42 Å². The van der Waals surface area contributed by atoms with Gasteiger partial charge in [-0.05, 0) is 32.1 Å². The first-order valence-corrected chi connectivity index (χ1v) is 8.84. The van der Waals surface area contributed by atoms with E-state index in [9.17, 15) is 0 Å². The zero-order chi connectivity index (χ0) is 18.1. The van der Waals surface area contributed by atoms with Crippen LogP contribution in [-0.2, 0) is 6.54 Å². The first kappa shape index (κ1) is 19.0. The van der Waals surface area contributed by atoms with Crippen LogP contribution in [0.2, 0.25) is 0 Å². The molecule has 2 aromatic rings. The third-order valence-electron chi connectivity index (χ3n) is 4.13. The molecule has 2 rings (SSSR count). The Kier molecular flexibility index (Phi) is 7.47. The molecule has 25 heavy (non-hydrogen) atoms. The third-order valence-corrected chi connectivity index (χ3v) is 4.13. The van der Waals surface area contributed by atoms with Gasteiger partial charge in [-0.1, -0.05) is 31.5 Å². The molecule has 2 N–H and O–H groups in total. The SMILES string of the molecule is CCN(CC)CCNC(=NC)NCc1coc(-c2ccc(C)cc2)n1. The lowest BCUT2D eigenvalue weighted by molar-refractivity contribution is 0.308. The Morgan fingerprint density at radius 3 is 2.52 bits per heavy atom. The normalized spacial score (nSPS) is 11.8. The second-order valence-electron chi connectivity index (χ2n) is 5.89. The van der Waals surface area contributed by atoms with Gasteiger partial charge in [-0.15, -0.1) is 0 Å². The van der Waals surface area contributed by atoms with Crippen molar-refractivity contribution in [2.75, 3.05) is 33.2 Å². The summed E-state index contributed by atoms with van der Waals surface area (Å²) in [5, 5.41) is 6.59. The number of nitrogens with one attached hydrogen (secondary N) is 2. The van der Waals surface area contributed by atoms with Gasteiger partial charge in [-0.2, -0.15) is 0 Å². The molecule has 1 aromatic carbocycles. The van der Waals surface area contributed by atoms with E-state index in [1.165, 1.54) is 5.56 Å². The lowest BCUT2D eigenvalue weighted by Crippen LogP contribution is -2.41. The van der Waals surface area contributed by atoms with E-state index in [1.807, 2.05) is 12.1 Å². The number of aryl methyl sites for hydroxylation is 1. The van der Waals surface area contributed by atoms with Gasteiger partial charge in [-0.3, -0.25) is 4.99 Å². The molecule has 0 radical (unpaired) electrons. The summed E-state index contributed by atoms with van der Waals surface area (Å²) in [6, 6.07) is 8.15. The Morgan fingerprint density at radius 1 is 1.16 bits per heavy atom. The average Bonchev–Trinajstić information content (AvgIpc) is 3.11. The number of benzene rings is 1. The molecule has 0 aliphatic rings. The van der Waals surface area contributed by atoms with Gasteiger partial charge in [0.05, 0.1) is 12.2 Å². The summed E-state index contributed by atoms with van der Waals surface area (Å²) in [5.41, 5.74) is 3.05. The molecular formula is C19H29N5O. The molecule has 0 spiro atoms. The van der Waals surface area contributed by atoms with Crippen LogP contribution in [0.1, 0.15) is 25.1 Å². The van der Waals surface area contributed by atoms with Crippen LogP contribution in [0.4, 0.5) is 0 Å². The highest BCUT2D eigenvalue weighted by Gasteiger charge is 2.07. The van der Waals surface area contributed by atoms with E-state index in [0.717, 1.165) is 43.4 Å². The van der Waals surface area contributed by atoms with Crippen molar-refractivity contribution in [3.8, 4) is 11.5 Å². The maximum atomic E-state index is 5.58. The fourth-order valence-electron chi connectivity index (χ4n) is 2.48. The smallest absolute Gasteiger partial charge is 0.226 e. The highest BCUT2D eigenvalue weighted by molar-refractivity contribution is 5.79. The van der Waals surface area contributed by atoms with Crippen molar-refractivity contribution in [3.63, 3.8) is 0 Å². The number of nitrogens with zero attached hydrogens (tertiary/aromatic N) is 3.